The molecule has 1 fully saturated rings. The third kappa shape index (κ3) is 3.55. The van der Waals surface area contributed by atoms with Crippen LogP contribution in [0.25, 0.3) is 0 Å². The zero-order chi connectivity index (χ0) is 17.1. The highest BCUT2D eigenvalue weighted by atomic mass is 32.2. The molecule has 6 heteroatoms. The minimum atomic E-state index is -0.0261. The number of amides is 1. The molecule has 0 saturated carbocycles. The summed E-state index contributed by atoms with van der Waals surface area (Å²) in [4.78, 5) is 18.3. The molecule has 0 aliphatic carbocycles. The van der Waals surface area contributed by atoms with Crippen molar-refractivity contribution in [3.63, 3.8) is 0 Å². The van der Waals surface area contributed by atoms with Crippen LogP contribution in [0.3, 0.4) is 0 Å². The Balaban J connectivity index is 1.47. The topological polar surface area (TPSA) is 42.4 Å². The Kier molecular flexibility index (Phi) is 4.72. The maximum Gasteiger partial charge on any atom is 0.240 e. The van der Waals surface area contributed by atoms with E-state index in [0.29, 0.717) is 12.4 Å². The lowest BCUT2D eigenvalue weighted by Gasteiger charge is -2.21. The van der Waals surface area contributed by atoms with Crippen molar-refractivity contribution < 1.29 is 9.53 Å². The average Bonchev–Trinajstić information content (AvgIpc) is 3.31. The van der Waals surface area contributed by atoms with Gasteiger partial charge in [-0.25, -0.2) is 4.98 Å². The van der Waals surface area contributed by atoms with Crippen molar-refractivity contribution >= 4 is 34.1 Å². The summed E-state index contributed by atoms with van der Waals surface area (Å²) in [6.07, 6.45) is 1.73. The van der Waals surface area contributed by atoms with Gasteiger partial charge in [0.25, 0.3) is 0 Å². The quantitative estimate of drug-likeness (QED) is 0.665. The monoisotopic (exact) mass is 368 g/mol. The van der Waals surface area contributed by atoms with E-state index < -0.39 is 0 Å². The van der Waals surface area contributed by atoms with E-state index in [-0.39, 0.29) is 11.3 Å². The molecule has 4 nitrogen and oxygen atoms in total. The van der Waals surface area contributed by atoms with Crippen molar-refractivity contribution in [1.29, 1.82) is 0 Å². The van der Waals surface area contributed by atoms with Gasteiger partial charge in [-0.1, -0.05) is 42.5 Å². The molecule has 1 amide bonds. The number of rotatable bonds is 5. The van der Waals surface area contributed by atoms with Gasteiger partial charge in [0.2, 0.25) is 5.91 Å². The fourth-order valence-electron chi connectivity index (χ4n) is 2.68. The molecule has 1 aliphatic rings. The number of carbonyl (C=O) groups excluding carboxylic acids is 1. The summed E-state index contributed by atoms with van der Waals surface area (Å²) in [5.41, 5.74) is 2.22. The maximum absolute atomic E-state index is 12.2. The van der Waals surface area contributed by atoms with E-state index in [0.717, 1.165) is 22.0 Å². The average molecular weight is 368 g/mol. The molecule has 0 spiro atoms. The predicted molar refractivity (Wildman–Crippen MR) is 102 cm³/mol. The third-order valence-corrected chi connectivity index (χ3v) is 5.89. The molecule has 1 aromatic heterocycles. The van der Waals surface area contributed by atoms with Gasteiger partial charge in [0.15, 0.2) is 5.13 Å². The summed E-state index contributed by atoms with van der Waals surface area (Å²) in [6.45, 7) is 0.544. The second-order valence-corrected chi connectivity index (χ2v) is 7.53. The van der Waals surface area contributed by atoms with Gasteiger partial charge < -0.3 is 4.74 Å². The van der Waals surface area contributed by atoms with Crippen LogP contribution >= 0.6 is 23.1 Å². The molecule has 4 rings (SSSR count). The van der Waals surface area contributed by atoms with E-state index in [1.807, 2.05) is 60.0 Å². The third-order valence-electron chi connectivity index (χ3n) is 3.91. The summed E-state index contributed by atoms with van der Waals surface area (Å²) in [7, 11) is 0. The van der Waals surface area contributed by atoms with E-state index in [2.05, 4.69) is 4.98 Å². The first-order chi connectivity index (χ1) is 12.3. The van der Waals surface area contributed by atoms with Crippen LogP contribution in [0.5, 0.6) is 5.75 Å². The second kappa shape index (κ2) is 7.29. The number of aromatic nitrogens is 1. The van der Waals surface area contributed by atoms with E-state index in [1.165, 1.54) is 11.3 Å². The molecule has 126 valence electrons. The highest BCUT2D eigenvalue weighted by molar-refractivity contribution is 8.00. The first-order valence-corrected chi connectivity index (χ1v) is 9.84. The van der Waals surface area contributed by atoms with Crippen LogP contribution < -0.4 is 9.64 Å². The number of benzene rings is 2. The molecule has 0 bridgehead atoms. The molecule has 1 saturated heterocycles. The summed E-state index contributed by atoms with van der Waals surface area (Å²) in [6, 6.07) is 18.1. The van der Waals surface area contributed by atoms with Crippen molar-refractivity contribution in [2.45, 2.75) is 12.0 Å². The van der Waals surface area contributed by atoms with Gasteiger partial charge in [0, 0.05) is 11.6 Å². The molecule has 2 heterocycles. The number of thiazole rings is 1. The van der Waals surface area contributed by atoms with Gasteiger partial charge in [-0.2, -0.15) is 0 Å². The molecule has 1 atom stereocenters. The molecule has 3 aromatic rings. The Labute approximate surface area is 154 Å². The number of hydrogen-bond donors (Lipinski definition) is 0. The van der Waals surface area contributed by atoms with Gasteiger partial charge in [0.1, 0.15) is 17.7 Å². The molecule has 2 aromatic carbocycles. The van der Waals surface area contributed by atoms with Gasteiger partial charge in [-0.05, 0) is 23.3 Å². The van der Waals surface area contributed by atoms with E-state index in [1.54, 1.807) is 22.9 Å². The summed E-state index contributed by atoms with van der Waals surface area (Å²) in [5.74, 6) is 1.41. The summed E-state index contributed by atoms with van der Waals surface area (Å²) < 4.78 is 5.83. The first-order valence-electron chi connectivity index (χ1n) is 7.91. The van der Waals surface area contributed by atoms with Crippen LogP contribution in [0.4, 0.5) is 5.13 Å². The Hall–Kier alpha value is -2.31. The minimum Gasteiger partial charge on any atom is -0.489 e. The summed E-state index contributed by atoms with van der Waals surface area (Å²) in [5, 5.41) is 2.62. The van der Waals surface area contributed by atoms with Crippen molar-refractivity contribution in [3.8, 4) is 5.75 Å². The van der Waals surface area contributed by atoms with Crippen LogP contribution in [-0.4, -0.2) is 16.6 Å². The van der Waals surface area contributed by atoms with Crippen LogP contribution in [0.1, 0.15) is 16.5 Å². The fraction of sp³-hybridized carbons (Fsp3) is 0.158. The zero-order valence-corrected chi connectivity index (χ0v) is 15.0. The molecule has 0 unspecified atom stereocenters. The standard InChI is InChI=1S/C19H16N2O2S2/c22-17-13-25-18(21(17)19-20-10-11-24-19)15-6-8-16(9-7-15)23-12-14-4-2-1-3-5-14/h1-11,18H,12-13H2/t18-/m1/s1. The van der Waals surface area contributed by atoms with E-state index in [4.69, 9.17) is 4.74 Å². The molecule has 1 aliphatic heterocycles. The lowest BCUT2D eigenvalue weighted by Crippen LogP contribution is -2.27. The fourth-order valence-corrected chi connectivity index (χ4v) is 4.59. The first kappa shape index (κ1) is 16.2. The second-order valence-electron chi connectivity index (χ2n) is 5.59. The lowest BCUT2D eigenvalue weighted by atomic mass is 10.2. The van der Waals surface area contributed by atoms with Gasteiger partial charge >= 0.3 is 0 Å². The molecular weight excluding hydrogens is 352 g/mol. The zero-order valence-electron chi connectivity index (χ0n) is 13.4. The SMILES string of the molecule is O=C1CS[C@H](c2ccc(OCc3ccccc3)cc2)N1c1nccs1. The number of hydrogen-bond acceptors (Lipinski definition) is 5. The Bertz CT molecular complexity index is 836. The number of nitrogens with zero attached hydrogens (tertiary/aromatic N) is 2. The minimum absolute atomic E-state index is 0.0261. The van der Waals surface area contributed by atoms with E-state index in [9.17, 15) is 4.79 Å². The largest absolute Gasteiger partial charge is 0.489 e. The van der Waals surface area contributed by atoms with Gasteiger partial charge in [-0.3, -0.25) is 9.69 Å². The van der Waals surface area contributed by atoms with Crippen LogP contribution in [-0.2, 0) is 11.4 Å². The lowest BCUT2D eigenvalue weighted by molar-refractivity contribution is -0.115. The highest BCUT2D eigenvalue weighted by Crippen LogP contribution is 2.42. The van der Waals surface area contributed by atoms with Gasteiger partial charge in [0.05, 0.1) is 5.75 Å². The number of ether oxygens (including phenoxy) is 1. The molecule has 0 N–H and O–H groups in total. The Morgan fingerprint density at radius 1 is 1.12 bits per heavy atom. The molecule has 0 radical (unpaired) electrons. The van der Waals surface area contributed by atoms with Gasteiger partial charge in [-0.15, -0.1) is 23.1 Å². The normalized spacial score (nSPS) is 17.0. The maximum atomic E-state index is 12.2. The number of anilines is 1. The predicted octanol–water partition coefficient (Wildman–Crippen LogP) is 4.50. The van der Waals surface area contributed by atoms with Crippen LogP contribution in [0.2, 0.25) is 0 Å². The molecular formula is C19H16N2O2S2. The van der Waals surface area contributed by atoms with Crippen molar-refractivity contribution in [1.82, 2.24) is 4.98 Å². The summed E-state index contributed by atoms with van der Waals surface area (Å²) >= 11 is 3.12. The Morgan fingerprint density at radius 2 is 1.92 bits per heavy atom. The van der Waals surface area contributed by atoms with Crippen LogP contribution in [0.15, 0.2) is 66.2 Å². The highest BCUT2D eigenvalue weighted by Gasteiger charge is 2.35. The number of carbonyl (C=O) groups is 1. The molecule has 25 heavy (non-hydrogen) atoms. The number of thioether (sulfide) groups is 1. The van der Waals surface area contributed by atoms with Crippen molar-refractivity contribution in [2.24, 2.45) is 0 Å². The van der Waals surface area contributed by atoms with Crippen LogP contribution in [0, 0.1) is 0 Å². The Morgan fingerprint density at radius 3 is 2.64 bits per heavy atom. The smallest absolute Gasteiger partial charge is 0.240 e. The van der Waals surface area contributed by atoms with Crippen molar-refractivity contribution in [2.75, 3.05) is 10.7 Å². The van der Waals surface area contributed by atoms with E-state index >= 15 is 0 Å². The van der Waals surface area contributed by atoms with Crippen molar-refractivity contribution in [3.05, 3.63) is 77.3 Å².